The van der Waals surface area contributed by atoms with Crippen LogP contribution in [-0.2, 0) is 17.1 Å². The van der Waals surface area contributed by atoms with Gasteiger partial charge >= 0.3 is 0 Å². The van der Waals surface area contributed by atoms with Crippen LogP contribution >= 0.6 is 0 Å². The van der Waals surface area contributed by atoms with Crippen molar-refractivity contribution >= 4 is 15.9 Å². The Bertz CT molecular complexity index is 959. The maximum absolute atomic E-state index is 13.0. The van der Waals surface area contributed by atoms with Gasteiger partial charge < -0.3 is 9.64 Å². The number of amides is 1. The van der Waals surface area contributed by atoms with Crippen LogP contribution in [0.2, 0.25) is 0 Å². The maximum atomic E-state index is 13.0. The molecule has 1 aliphatic rings. The molecule has 0 unspecified atom stereocenters. The predicted octanol–water partition coefficient (Wildman–Crippen LogP) is 1.58. The topological polar surface area (TPSA) is 84.7 Å². The van der Waals surface area contributed by atoms with E-state index in [1.165, 1.54) is 4.31 Å². The largest absolute Gasteiger partial charge is 0.494 e. The van der Waals surface area contributed by atoms with Gasteiger partial charge in [0.1, 0.15) is 10.6 Å². The van der Waals surface area contributed by atoms with Gasteiger partial charge in [0.05, 0.1) is 18.0 Å². The molecule has 2 aromatic rings. The third kappa shape index (κ3) is 3.77. The number of aryl methyl sites for hydroxylation is 2. The second-order valence-corrected chi connectivity index (χ2v) is 8.65. The number of carbonyl (C=O) groups is 1. The van der Waals surface area contributed by atoms with Crippen LogP contribution < -0.4 is 4.74 Å². The molecule has 2 heterocycles. The first-order valence-electron chi connectivity index (χ1n) is 9.28. The lowest BCUT2D eigenvalue weighted by molar-refractivity contribution is 0.0698. The highest BCUT2D eigenvalue weighted by Gasteiger charge is 2.34. The Balaban J connectivity index is 1.69. The highest BCUT2D eigenvalue weighted by atomic mass is 32.2. The van der Waals surface area contributed by atoms with Gasteiger partial charge in [0.25, 0.3) is 5.91 Å². The fourth-order valence-electron chi connectivity index (χ4n) is 3.43. The summed E-state index contributed by atoms with van der Waals surface area (Å²) in [5.74, 6) is 0.617. The van der Waals surface area contributed by atoms with Crippen molar-refractivity contribution in [1.29, 1.82) is 0 Å². The van der Waals surface area contributed by atoms with Crippen LogP contribution in [0.15, 0.2) is 29.2 Å². The molecule has 0 atom stereocenters. The van der Waals surface area contributed by atoms with Gasteiger partial charge in [-0.25, -0.2) is 8.42 Å². The summed E-state index contributed by atoms with van der Waals surface area (Å²) in [5, 5.41) is 4.21. The van der Waals surface area contributed by atoms with Gasteiger partial charge in [0.2, 0.25) is 10.0 Å². The summed E-state index contributed by atoms with van der Waals surface area (Å²) in [6.45, 7) is 7.15. The Morgan fingerprint density at radius 1 is 1.11 bits per heavy atom. The number of hydrogen-bond donors (Lipinski definition) is 0. The van der Waals surface area contributed by atoms with Crippen molar-refractivity contribution in [3.63, 3.8) is 0 Å². The van der Waals surface area contributed by atoms with E-state index < -0.39 is 10.0 Å². The van der Waals surface area contributed by atoms with Crippen LogP contribution in [0.25, 0.3) is 0 Å². The molecule has 28 heavy (non-hydrogen) atoms. The number of hydrogen-bond acceptors (Lipinski definition) is 5. The molecule has 1 fully saturated rings. The molecule has 0 bridgehead atoms. The van der Waals surface area contributed by atoms with E-state index in [9.17, 15) is 13.2 Å². The lowest BCUT2D eigenvalue weighted by Crippen LogP contribution is -2.50. The summed E-state index contributed by atoms with van der Waals surface area (Å²) < 4.78 is 34.5. The van der Waals surface area contributed by atoms with Crippen LogP contribution in [0.3, 0.4) is 0 Å². The molecular formula is C19H26N4O4S. The smallest absolute Gasteiger partial charge is 0.253 e. The van der Waals surface area contributed by atoms with Gasteiger partial charge in [0, 0.05) is 38.8 Å². The summed E-state index contributed by atoms with van der Waals surface area (Å²) in [6, 6.07) is 7.01. The summed E-state index contributed by atoms with van der Waals surface area (Å²) in [5.41, 5.74) is 1.68. The van der Waals surface area contributed by atoms with Gasteiger partial charge in [-0.05, 0) is 45.0 Å². The lowest BCUT2D eigenvalue weighted by Gasteiger charge is -2.34. The van der Waals surface area contributed by atoms with Gasteiger partial charge in [-0.1, -0.05) is 0 Å². The minimum atomic E-state index is -3.63. The number of aromatic nitrogens is 2. The number of carbonyl (C=O) groups excluding carboxylic acids is 1. The van der Waals surface area contributed by atoms with Crippen molar-refractivity contribution in [2.24, 2.45) is 7.05 Å². The monoisotopic (exact) mass is 406 g/mol. The highest BCUT2D eigenvalue weighted by molar-refractivity contribution is 7.89. The highest BCUT2D eigenvalue weighted by Crippen LogP contribution is 2.24. The molecule has 0 radical (unpaired) electrons. The van der Waals surface area contributed by atoms with E-state index in [0.717, 1.165) is 5.75 Å². The zero-order valence-corrected chi connectivity index (χ0v) is 17.5. The standard InChI is InChI=1S/C19H26N4O4S/c1-5-27-17-8-6-16(7-9-17)19(24)22-10-12-23(13-11-22)28(25,26)18-14(2)20-21(4)15(18)3/h6-9H,5,10-13H2,1-4H3. The average molecular weight is 407 g/mol. The molecule has 0 saturated carbocycles. The molecule has 9 heteroatoms. The molecule has 1 saturated heterocycles. The van der Waals surface area contributed by atoms with E-state index in [4.69, 9.17) is 4.74 Å². The third-order valence-corrected chi connectivity index (χ3v) is 7.13. The van der Waals surface area contributed by atoms with E-state index in [1.807, 2.05) is 6.92 Å². The van der Waals surface area contributed by atoms with Crippen LogP contribution in [0.5, 0.6) is 5.75 Å². The van der Waals surface area contributed by atoms with Crippen molar-refractivity contribution in [3.8, 4) is 5.75 Å². The van der Waals surface area contributed by atoms with E-state index in [2.05, 4.69) is 5.10 Å². The second-order valence-electron chi connectivity index (χ2n) is 6.78. The van der Waals surface area contributed by atoms with Crippen molar-refractivity contribution < 1.29 is 17.9 Å². The van der Waals surface area contributed by atoms with Crippen molar-refractivity contribution in [1.82, 2.24) is 19.0 Å². The second kappa shape index (κ2) is 7.92. The molecule has 1 aromatic heterocycles. The van der Waals surface area contributed by atoms with E-state index >= 15 is 0 Å². The molecule has 0 spiro atoms. The number of sulfonamides is 1. The van der Waals surface area contributed by atoms with Crippen LogP contribution in [0, 0.1) is 13.8 Å². The van der Waals surface area contributed by atoms with Crippen LogP contribution in [0.4, 0.5) is 0 Å². The van der Waals surface area contributed by atoms with Crippen LogP contribution in [-0.4, -0.2) is 66.1 Å². The molecule has 1 aliphatic heterocycles. The first-order chi connectivity index (χ1) is 13.3. The molecular weight excluding hydrogens is 380 g/mol. The predicted molar refractivity (Wildman–Crippen MR) is 105 cm³/mol. The Labute approximate surface area is 165 Å². The molecule has 1 amide bonds. The quantitative estimate of drug-likeness (QED) is 0.753. The normalized spacial score (nSPS) is 15.6. The summed E-state index contributed by atoms with van der Waals surface area (Å²) in [4.78, 5) is 14.7. The van der Waals surface area contributed by atoms with E-state index in [0.29, 0.717) is 36.6 Å². The van der Waals surface area contributed by atoms with Gasteiger partial charge in [-0.3, -0.25) is 9.48 Å². The number of ether oxygens (including phenoxy) is 1. The molecule has 1 aromatic carbocycles. The first kappa shape index (κ1) is 20.3. The zero-order chi connectivity index (χ0) is 20.5. The average Bonchev–Trinajstić information content (AvgIpc) is 2.94. The van der Waals surface area contributed by atoms with Gasteiger partial charge in [-0.15, -0.1) is 0 Å². The Hall–Kier alpha value is -2.39. The lowest BCUT2D eigenvalue weighted by atomic mass is 10.2. The summed E-state index contributed by atoms with van der Waals surface area (Å²) >= 11 is 0. The fourth-order valence-corrected chi connectivity index (χ4v) is 5.25. The minimum absolute atomic E-state index is 0.103. The molecule has 0 N–H and O–H groups in total. The SMILES string of the molecule is CCOc1ccc(C(=O)N2CCN(S(=O)(=O)c3c(C)nn(C)c3C)CC2)cc1. The first-order valence-corrected chi connectivity index (χ1v) is 10.7. The molecule has 0 aliphatic carbocycles. The number of rotatable bonds is 5. The number of nitrogens with zero attached hydrogens (tertiary/aromatic N) is 4. The van der Waals surface area contributed by atoms with Crippen molar-refractivity contribution in [3.05, 3.63) is 41.2 Å². The van der Waals surface area contributed by atoms with E-state index in [1.54, 1.807) is 54.7 Å². The Kier molecular flexibility index (Phi) is 5.76. The molecule has 152 valence electrons. The Morgan fingerprint density at radius 2 is 1.71 bits per heavy atom. The summed E-state index contributed by atoms with van der Waals surface area (Å²) in [6.07, 6.45) is 0. The summed E-state index contributed by atoms with van der Waals surface area (Å²) in [7, 11) is -1.90. The third-order valence-electron chi connectivity index (χ3n) is 4.98. The van der Waals surface area contributed by atoms with Gasteiger partial charge in [0.15, 0.2) is 0 Å². The van der Waals surface area contributed by atoms with Crippen molar-refractivity contribution in [2.75, 3.05) is 32.8 Å². The van der Waals surface area contributed by atoms with E-state index in [-0.39, 0.29) is 23.9 Å². The van der Waals surface area contributed by atoms with Crippen molar-refractivity contribution in [2.45, 2.75) is 25.7 Å². The maximum Gasteiger partial charge on any atom is 0.253 e. The molecule has 3 rings (SSSR count). The fraction of sp³-hybridized carbons (Fsp3) is 0.474. The number of piperazine rings is 1. The number of benzene rings is 1. The minimum Gasteiger partial charge on any atom is -0.494 e. The van der Waals surface area contributed by atoms with Gasteiger partial charge in [-0.2, -0.15) is 9.40 Å². The zero-order valence-electron chi connectivity index (χ0n) is 16.7. The molecule has 8 nitrogen and oxygen atoms in total. The Morgan fingerprint density at radius 3 is 2.21 bits per heavy atom. The van der Waals surface area contributed by atoms with Crippen LogP contribution in [0.1, 0.15) is 28.7 Å².